The first kappa shape index (κ1) is 4.57. The van der Waals surface area contributed by atoms with Gasteiger partial charge in [-0.3, -0.25) is 0 Å². The smallest absolute Gasteiger partial charge is 0.0650 e. The molecule has 0 N–H and O–H groups in total. The van der Waals surface area contributed by atoms with E-state index in [4.69, 9.17) is 15.7 Å². The molecular weight excluding hydrogens is 314 g/mol. The fourth-order valence-corrected chi connectivity index (χ4v) is 1.25. The largest absolute Gasteiger partial charge is 0.0831 e. The van der Waals surface area contributed by atoms with Gasteiger partial charge in [-0.2, -0.15) is 0 Å². The third kappa shape index (κ3) is 2.09. The Morgan fingerprint density at radius 1 is 1.67 bits per heavy atom. The van der Waals surface area contributed by atoms with E-state index in [1.807, 2.05) is 22.6 Å². The van der Waals surface area contributed by atoms with Crippen molar-refractivity contribution in [3.63, 3.8) is 0 Å². The number of benzene rings is 1. The number of rotatable bonds is 0. The minimum atomic E-state index is 0.0281. The quantitative estimate of drug-likeness (QED) is 0.505. The van der Waals surface area contributed by atoms with E-state index in [-0.39, 0.29) is 23.1 Å². The highest BCUT2D eigenvalue weighted by Crippen LogP contribution is 2.23. The summed E-state index contributed by atoms with van der Waals surface area (Å²) in [5.41, 5.74) is 0. The highest BCUT2D eigenvalue weighted by Gasteiger charge is 1.94. The zero-order valence-electron chi connectivity index (χ0n) is 7.13. The summed E-state index contributed by atoms with van der Waals surface area (Å²) in [5, 5.41) is 0.195. The molecule has 0 atom stereocenters. The van der Waals surface area contributed by atoms with Crippen LogP contribution >= 0.6 is 50.1 Å². The van der Waals surface area contributed by atoms with Crippen molar-refractivity contribution in [1.82, 2.24) is 0 Å². The first-order valence-electron chi connectivity index (χ1n) is 3.57. The van der Waals surface area contributed by atoms with Crippen molar-refractivity contribution in [2.75, 3.05) is 0 Å². The second-order valence-electron chi connectivity index (χ2n) is 1.32. The van der Waals surface area contributed by atoms with Gasteiger partial charge in [0.25, 0.3) is 0 Å². The molecule has 1 aromatic rings. The maximum absolute atomic E-state index is 7.45. The molecule has 0 saturated carbocycles. The first-order valence-corrected chi connectivity index (χ1v) is 4.32. The van der Waals surface area contributed by atoms with Crippen LogP contribution in [0.3, 0.4) is 0 Å². The second-order valence-corrected chi connectivity index (χ2v) is 3.57. The predicted molar refractivity (Wildman–Crippen MR) is 51.9 cm³/mol. The van der Waals surface area contributed by atoms with Gasteiger partial charge in [0.2, 0.25) is 0 Å². The lowest BCUT2D eigenvalue weighted by Crippen LogP contribution is -1.70. The molecule has 0 heterocycles. The van der Waals surface area contributed by atoms with E-state index in [0.29, 0.717) is 8.04 Å². The third-order valence-corrected chi connectivity index (χ3v) is 2.34. The molecule has 0 nitrogen and oxygen atoms in total. The van der Waals surface area contributed by atoms with Crippen LogP contribution in [0.15, 0.2) is 22.6 Å². The minimum Gasteiger partial charge on any atom is -0.0831 e. The van der Waals surface area contributed by atoms with E-state index >= 15 is 0 Å². The molecule has 0 aromatic heterocycles. The van der Waals surface area contributed by atoms with Crippen molar-refractivity contribution >= 4 is 50.1 Å². The lowest BCUT2D eigenvalue weighted by Gasteiger charge is -1.93. The summed E-state index contributed by atoms with van der Waals surface area (Å²) < 4.78 is 23.0. The molecule has 0 radical (unpaired) electrons. The van der Waals surface area contributed by atoms with Crippen LogP contribution in [0.2, 0.25) is 5.02 Å². The first-order chi connectivity index (χ1) is 5.46. The van der Waals surface area contributed by atoms with Gasteiger partial charge in [-0.15, -0.1) is 0 Å². The van der Waals surface area contributed by atoms with E-state index in [2.05, 4.69) is 15.9 Å². The van der Waals surface area contributed by atoms with E-state index in [9.17, 15) is 0 Å². The Bertz CT molecular complexity index is 237. The number of hydrogen-bond acceptors (Lipinski definition) is 0. The predicted octanol–water partition coefficient (Wildman–Crippen LogP) is 3.71. The van der Waals surface area contributed by atoms with Gasteiger partial charge in [0.05, 0.1) is 9.13 Å². The van der Waals surface area contributed by atoms with Crippen molar-refractivity contribution in [1.29, 1.82) is 0 Å². The van der Waals surface area contributed by atoms with Crippen molar-refractivity contribution in [2.24, 2.45) is 0 Å². The Morgan fingerprint density at radius 3 is 3.00 bits per heavy atom. The van der Waals surface area contributed by atoms with Crippen molar-refractivity contribution < 1.29 is 4.11 Å². The summed E-state index contributed by atoms with van der Waals surface area (Å²) in [6.45, 7) is 0. The Kier molecular flexibility index (Phi) is 1.63. The molecule has 0 bridgehead atoms. The van der Waals surface area contributed by atoms with Crippen molar-refractivity contribution in [3.8, 4) is 0 Å². The minimum absolute atomic E-state index is 0.0281. The fourth-order valence-electron chi connectivity index (χ4n) is 0.347. The second kappa shape index (κ2) is 3.21. The molecule has 1 aromatic carbocycles. The Balaban J connectivity index is 3.60. The average Bonchev–Trinajstić information content (AvgIpc) is 2.08. The van der Waals surface area contributed by atoms with Crippen LogP contribution in [-0.4, -0.2) is 0 Å². The summed E-state index contributed by atoms with van der Waals surface area (Å²) in [7, 11) is 0. The highest BCUT2D eigenvalue weighted by atomic mass is 127. The lowest BCUT2D eigenvalue weighted by atomic mass is 10.4. The van der Waals surface area contributed by atoms with Crippen LogP contribution in [-0.2, 0) is 0 Å². The van der Waals surface area contributed by atoms with Crippen LogP contribution in [0.25, 0.3) is 0 Å². The molecule has 0 amide bonds. The summed E-state index contributed by atoms with van der Waals surface area (Å²) in [6.07, 6.45) is 0. The van der Waals surface area contributed by atoms with Crippen LogP contribution in [0.4, 0.5) is 0 Å². The summed E-state index contributed by atoms with van der Waals surface area (Å²) in [6, 6.07) is 0.169. The van der Waals surface area contributed by atoms with Gasteiger partial charge in [-0.1, -0.05) is 11.6 Å². The fraction of sp³-hybridized carbons (Fsp3) is 0. The SMILES string of the molecule is [2H]c1c([2H])c(I)c([2H])c(Cl)c1Br. The van der Waals surface area contributed by atoms with Crippen molar-refractivity contribution in [2.45, 2.75) is 0 Å². The molecule has 0 spiro atoms. The van der Waals surface area contributed by atoms with Gasteiger partial charge in [0, 0.05) is 8.04 Å². The van der Waals surface area contributed by atoms with E-state index in [1.54, 1.807) is 0 Å². The zero-order valence-corrected chi connectivity index (χ0v) is 8.63. The Labute approximate surface area is 85.1 Å². The van der Waals surface area contributed by atoms with Crippen LogP contribution in [0.1, 0.15) is 4.11 Å². The molecule has 1 rings (SSSR count). The Hall–Kier alpha value is 0.720. The third-order valence-electron chi connectivity index (χ3n) is 0.694. The molecular formula is C6H3BrClI. The molecule has 0 fully saturated rings. The van der Waals surface area contributed by atoms with Crippen LogP contribution in [0, 0.1) is 3.57 Å². The monoisotopic (exact) mass is 319 g/mol. The normalized spacial score (nSPS) is 14.3. The molecule has 0 aliphatic rings. The molecule has 3 heteroatoms. The van der Waals surface area contributed by atoms with Gasteiger partial charge in [0.1, 0.15) is 0 Å². The lowest BCUT2D eigenvalue weighted by molar-refractivity contribution is 1.60. The molecule has 48 valence electrons. The standard InChI is InChI=1S/C6H3BrClI/c7-5-2-1-4(9)3-6(5)8/h1-3H/i1D,2D,3D. The maximum Gasteiger partial charge on any atom is 0.0650 e. The Morgan fingerprint density at radius 2 is 2.33 bits per heavy atom. The van der Waals surface area contributed by atoms with Gasteiger partial charge in [-0.05, 0) is 56.6 Å². The van der Waals surface area contributed by atoms with E-state index < -0.39 is 0 Å². The molecule has 9 heavy (non-hydrogen) atoms. The molecule has 0 aliphatic heterocycles. The zero-order chi connectivity index (χ0) is 9.46. The average molecular weight is 320 g/mol. The molecule has 0 saturated heterocycles. The van der Waals surface area contributed by atoms with Crippen LogP contribution < -0.4 is 0 Å². The van der Waals surface area contributed by atoms with Crippen LogP contribution in [0.5, 0.6) is 0 Å². The summed E-state index contributed by atoms with van der Waals surface area (Å²) >= 11 is 10.6. The van der Waals surface area contributed by atoms with Gasteiger partial charge in [0.15, 0.2) is 0 Å². The van der Waals surface area contributed by atoms with Gasteiger partial charge in [-0.25, -0.2) is 0 Å². The number of halogens is 3. The van der Waals surface area contributed by atoms with Gasteiger partial charge >= 0.3 is 0 Å². The van der Waals surface area contributed by atoms with Crippen molar-refractivity contribution in [3.05, 3.63) is 31.2 Å². The maximum atomic E-state index is 7.45. The van der Waals surface area contributed by atoms with E-state index in [1.165, 1.54) is 0 Å². The highest BCUT2D eigenvalue weighted by molar-refractivity contribution is 14.1. The van der Waals surface area contributed by atoms with Gasteiger partial charge < -0.3 is 0 Å². The summed E-state index contributed by atoms with van der Waals surface area (Å²) in [5.74, 6) is 0. The summed E-state index contributed by atoms with van der Waals surface area (Å²) in [4.78, 5) is 0. The molecule has 0 aliphatic carbocycles. The van der Waals surface area contributed by atoms with E-state index in [0.717, 1.165) is 0 Å². The number of hydrogen-bond donors (Lipinski definition) is 0. The molecule has 0 unspecified atom stereocenters. The topological polar surface area (TPSA) is 0 Å².